The van der Waals surface area contributed by atoms with E-state index in [-0.39, 0.29) is 0 Å². The quantitative estimate of drug-likeness (QED) is 0.945. The molecule has 0 radical (unpaired) electrons. The van der Waals surface area contributed by atoms with E-state index >= 15 is 0 Å². The second-order valence-corrected chi connectivity index (χ2v) is 5.45. The van der Waals surface area contributed by atoms with Crippen molar-refractivity contribution in [1.82, 2.24) is 14.7 Å². The van der Waals surface area contributed by atoms with Gasteiger partial charge in [0.1, 0.15) is 16.2 Å². The Balaban J connectivity index is 1.96. The molecule has 18 heavy (non-hydrogen) atoms. The van der Waals surface area contributed by atoms with Crippen molar-refractivity contribution >= 4 is 21.4 Å². The number of ether oxygens (including phenoxy) is 1. The molecule has 4 nitrogen and oxygen atoms in total. The summed E-state index contributed by atoms with van der Waals surface area (Å²) in [6.07, 6.45) is 4.29. The molecule has 3 rings (SSSR count). The summed E-state index contributed by atoms with van der Waals surface area (Å²) >= 11 is 3.53. The van der Waals surface area contributed by atoms with Gasteiger partial charge in [0.25, 0.3) is 0 Å². The lowest BCUT2D eigenvalue weighted by Crippen LogP contribution is -2.12. The topological polar surface area (TPSA) is 38.6 Å². The average molecular weight is 310 g/mol. The summed E-state index contributed by atoms with van der Waals surface area (Å²) in [7, 11) is 1.68. The Morgan fingerprint density at radius 3 is 3.22 bits per heavy atom. The molecule has 96 valence electrons. The van der Waals surface area contributed by atoms with Crippen molar-refractivity contribution in [3.63, 3.8) is 0 Å². The highest BCUT2D eigenvalue weighted by Gasteiger charge is 2.18. The first-order valence-electron chi connectivity index (χ1n) is 6.19. The van der Waals surface area contributed by atoms with E-state index in [9.17, 15) is 0 Å². The number of halogens is 1. The summed E-state index contributed by atoms with van der Waals surface area (Å²) in [5.74, 6) is 2.68. The highest BCUT2D eigenvalue weighted by molar-refractivity contribution is 9.10. The van der Waals surface area contributed by atoms with Gasteiger partial charge in [0.05, 0.1) is 12.6 Å². The fourth-order valence-corrected chi connectivity index (χ4v) is 3.02. The van der Waals surface area contributed by atoms with Gasteiger partial charge in [-0.05, 0) is 47.4 Å². The minimum atomic E-state index is 0.699. The Bertz CT molecular complexity index is 561. The standard InChI is InChI=1S/C13H16BrN3O/c1-18-10-3-5-17-11(7-10)13(14)16-12(17)6-9-2-4-15-8-9/h3,5,7,9,15H,2,4,6,8H2,1H3. The number of nitrogens with zero attached hydrogens (tertiary/aromatic N) is 2. The number of pyridine rings is 1. The van der Waals surface area contributed by atoms with Crippen molar-refractivity contribution in [3.8, 4) is 5.75 Å². The van der Waals surface area contributed by atoms with Crippen LogP contribution < -0.4 is 10.1 Å². The van der Waals surface area contributed by atoms with Crippen molar-refractivity contribution in [2.45, 2.75) is 12.8 Å². The Hall–Kier alpha value is -1.07. The van der Waals surface area contributed by atoms with Gasteiger partial charge in [0.2, 0.25) is 0 Å². The Morgan fingerprint density at radius 1 is 1.61 bits per heavy atom. The molecular weight excluding hydrogens is 294 g/mol. The zero-order valence-corrected chi connectivity index (χ0v) is 11.9. The lowest BCUT2D eigenvalue weighted by molar-refractivity contribution is 0.414. The maximum absolute atomic E-state index is 5.25. The molecule has 0 saturated carbocycles. The van der Waals surface area contributed by atoms with E-state index in [0.717, 1.165) is 41.2 Å². The second-order valence-electron chi connectivity index (χ2n) is 4.70. The van der Waals surface area contributed by atoms with Crippen LogP contribution in [-0.4, -0.2) is 29.6 Å². The van der Waals surface area contributed by atoms with Crippen molar-refractivity contribution < 1.29 is 4.74 Å². The molecular formula is C13H16BrN3O. The molecule has 0 aliphatic carbocycles. The number of fused-ring (bicyclic) bond motifs is 1. The molecule has 1 fully saturated rings. The van der Waals surface area contributed by atoms with Crippen LogP contribution in [0.3, 0.4) is 0 Å². The third kappa shape index (κ3) is 2.12. The highest BCUT2D eigenvalue weighted by Crippen LogP contribution is 2.25. The molecule has 1 N–H and O–H groups in total. The fraction of sp³-hybridized carbons (Fsp3) is 0.462. The van der Waals surface area contributed by atoms with E-state index in [0.29, 0.717) is 5.92 Å². The van der Waals surface area contributed by atoms with Crippen LogP contribution in [0.5, 0.6) is 5.75 Å². The van der Waals surface area contributed by atoms with Crippen LogP contribution >= 0.6 is 15.9 Å². The molecule has 0 amide bonds. The van der Waals surface area contributed by atoms with Crippen LogP contribution in [0.25, 0.3) is 5.52 Å². The zero-order chi connectivity index (χ0) is 12.5. The maximum atomic E-state index is 5.25. The number of hydrogen-bond donors (Lipinski definition) is 1. The van der Waals surface area contributed by atoms with E-state index in [1.165, 1.54) is 6.42 Å². The van der Waals surface area contributed by atoms with E-state index in [1.54, 1.807) is 7.11 Å². The molecule has 2 aromatic rings. The Labute approximate surface area is 114 Å². The van der Waals surface area contributed by atoms with Gasteiger partial charge in [-0.2, -0.15) is 0 Å². The summed E-state index contributed by atoms with van der Waals surface area (Å²) in [5.41, 5.74) is 1.07. The number of aromatic nitrogens is 2. The van der Waals surface area contributed by atoms with E-state index in [2.05, 4.69) is 30.6 Å². The van der Waals surface area contributed by atoms with E-state index in [1.807, 2.05) is 18.3 Å². The summed E-state index contributed by atoms with van der Waals surface area (Å²) < 4.78 is 8.28. The monoisotopic (exact) mass is 309 g/mol. The predicted octanol–water partition coefficient (Wildman–Crippen LogP) is 2.26. The molecule has 3 heterocycles. The molecule has 2 aromatic heterocycles. The second kappa shape index (κ2) is 4.90. The summed E-state index contributed by atoms with van der Waals surface area (Å²) in [5, 5.41) is 3.40. The number of nitrogens with one attached hydrogen (secondary N) is 1. The van der Waals surface area contributed by atoms with E-state index < -0.39 is 0 Å². The van der Waals surface area contributed by atoms with Gasteiger partial charge in [-0.15, -0.1) is 0 Å². The van der Waals surface area contributed by atoms with Crippen LogP contribution in [0.1, 0.15) is 12.2 Å². The molecule has 0 aromatic carbocycles. The van der Waals surface area contributed by atoms with Gasteiger partial charge in [-0.3, -0.25) is 0 Å². The number of rotatable bonds is 3. The summed E-state index contributed by atoms with van der Waals surface area (Å²) in [4.78, 5) is 4.62. The Kier molecular flexibility index (Phi) is 3.26. The van der Waals surface area contributed by atoms with Gasteiger partial charge in [0.15, 0.2) is 0 Å². The lowest BCUT2D eigenvalue weighted by atomic mass is 10.1. The molecule has 1 aliphatic heterocycles. The molecule has 0 spiro atoms. The smallest absolute Gasteiger partial charge is 0.132 e. The zero-order valence-electron chi connectivity index (χ0n) is 10.3. The molecule has 0 bridgehead atoms. The van der Waals surface area contributed by atoms with Gasteiger partial charge >= 0.3 is 0 Å². The first kappa shape index (κ1) is 12.0. The third-order valence-electron chi connectivity index (χ3n) is 3.51. The molecule has 1 atom stereocenters. The first-order valence-corrected chi connectivity index (χ1v) is 6.98. The molecule has 1 unspecified atom stereocenters. The summed E-state index contributed by atoms with van der Waals surface area (Å²) in [6.45, 7) is 2.23. The van der Waals surface area contributed by atoms with Gasteiger partial charge in [0, 0.05) is 18.7 Å². The maximum Gasteiger partial charge on any atom is 0.132 e. The summed E-state index contributed by atoms with van der Waals surface area (Å²) in [6, 6.07) is 3.98. The molecule has 1 saturated heterocycles. The van der Waals surface area contributed by atoms with Gasteiger partial charge in [-0.25, -0.2) is 4.98 Å². The number of hydrogen-bond acceptors (Lipinski definition) is 3. The predicted molar refractivity (Wildman–Crippen MR) is 74.1 cm³/mol. The van der Waals surface area contributed by atoms with Crippen molar-refractivity contribution in [2.75, 3.05) is 20.2 Å². The van der Waals surface area contributed by atoms with Crippen LogP contribution in [-0.2, 0) is 6.42 Å². The minimum Gasteiger partial charge on any atom is -0.497 e. The molecule has 5 heteroatoms. The first-order chi connectivity index (χ1) is 8.78. The minimum absolute atomic E-state index is 0.699. The van der Waals surface area contributed by atoms with Crippen LogP contribution in [0.15, 0.2) is 22.9 Å². The van der Waals surface area contributed by atoms with Crippen molar-refractivity contribution in [1.29, 1.82) is 0 Å². The van der Waals surface area contributed by atoms with Gasteiger partial charge < -0.3 is 14.5 Å². The lowest BCUT2D eigenvalue weighted by Gasteiger charge is -2.07. The highest BCUT2D eigenvalue weighted by atomic mass is 79.9. The number of methoxy groups -OCH3 is 1. The van der Waals surface area contributed by atoms with Crippen molar-refractivity contribution in [2.24, 2.45) is 5.92 Å². The van der Waals surface area contributed by atoms with Gasteiger partial charge in [-0.1, -0.05) is 0 Å². The largest absolute Gasteiger partial charge is 0.497 e. The normalized spacial score (nSPS) is 19.6. The SMILES string of the molecule is COc1ccn2c(CC3CCNC3)nc(Br)c2c1. The number of imidazole rings is 1. The van der Waals surface area contributed by atoms with Crippen LogP contribution in [0.2, 0.25) is 0 Å². The fourth-order valence-electron chi connectivity index (χ4n) is 2.51. The van der Waals surface area contributed by atoms with Crippen molar-refractivity contribution in [3.05, 3.63) is 28.8 Å². The van der Waals surface area contributed by atoms with E-state index in [4.69, 9.17) is 4.74 Å². The molecule has 1 aliphatic rings. The Morgan fingerprint density at radius 2 is 2.50 bits per heavy atom. The third-order valence-corrected chi connectivity index (χ3v) is 4.10. The van der Waals surface area contributed by atoms with Crippen LogP contribution in [0.4, 0.5) is 0 Å². The average Bonchev–Trinajstić information content (AvgIpc) is 2.99. The van der Waals surface area contributed by atoms with Crippen LogP contribution in [0, 0.1) is 5.92 Å².